The van der Waals surface area contributed by atoms with E-state index >= 15 is 0 Å². The molecule has 0 spiro atoms. The van der Waals surface area contributed by atoms with Crippen LogP contribution in [0.4, 0.5) is 0 Å². The summed E-state index contributed by atoms with van der Waals surface area (Å²) < 4.78 is 5.00. The van der Waals surface area contributed by atoms with Crippen LogP contribution in [0.5, 0.6) is 0 Å². The third-order valence-electron chi connectivity index (χ3n) is 3.44. The summed E-state index contributed by atoms with van der Waals surface area (Å²) in [6.07, 6.45) is 2.12. The molecule has 0 N–H and O–H groups in total. The monoisotopic (exact) mass is 271 g/mol. The lowest BCUT2D eigenvalue weighted by atomic mass is 10.1. The second-order valence-electron chi connectivity index (χ2n) is 5.07. The van der Waals surface area contributed by atoms with E-state index in [0.29, 0.717) is 13.2 Å². The van der Waals surface area contributed by atoms with E-state index in [1.54, 1.807) is 0 Å². The molecule has 2 rings (SSSR count). The SMILES string of the molecule is CCOC(=O)CN1CCCC1C#Cc1ccc(C)cc1. The predicted molar refractivity (Wildman–Crippen MR) is 79.3 cm³/mol. The fourth-order valence-electron chi connectivity index (χ4n) is 2.35. The van der Waals surface area contributed by atoms with Crippen molar-refractivity contribution in [2.24, 2.45) is 0 Å². The number of benzene rings is 1. The van der Waals surface area contributed by atoms with Crippen LogP contribution in [0.25, 0.3) is 0 Å². The molecular weight excluding hydrogens is 250 g/mol. The van der Waals surface area contributed by atoms with Crippen LogP contribution in [0.15, 0.2) is 24.3 Å². The van der Waals surface area contributed by atoms with Gasteiger partial charge in [-0.15, -0.1) is 0 Å². The third kappa shape index (κ3) is 4.11. The first kappa shape index (κ1) is 14.6. The Morgan fingerprint density at radius 3 is 2.85 bits per heavy atom. The Morgan fingerprint density at radius 1 is 1.40 bits per heavy atom. The van der Waals surface area contributed by atoms with Gasteiger partial charge in [-0.25, -0.2) is 0 Å². The Labute approximate surface area is 120 Å². The highest BCUT2D eigenvalue weighted by Gasteiger charge is 2.24. The number of carbonyl (C=O) groups is 1. The minimum atomic E-state index is -0.156. The van der Waals surface area contributed by atoms with E-state index in [0.717, 1.165) is 24.9 Å². The first-order valence-electron chi connectivity index (χ1n) is 7.17. The first-order chi connectivity index (χ1) is 9.69. The lowest BCUT2D eigenvalue weighted by molar-refractivity contribution is -0.144. The van der Waals surface area contributed by atoms with Gasteiger partial charge >= 0.3 is 5.97 Å². The minimum Gasteiger partial charge on any atom is -0.465 e. The topological polar surface area (TPSA) is 29.5 Å². The van der Waals surface area contributed by atoms with Crippen molar-refractivity contribution in [3.05, 3.63) is 35.4 Å². The molecule has 0 saturated carbocycles. The third-order valence-corrected chi connectivity index (χ3v) is 3.44. The molecule has 1 atom stereocenters. The molecule has 1 unspecified atom stereocenters. The zero-order valence-corrected chi connectivity index (χ0v) is 12.2. The van der Waals surface area contributed by atoms with E-state index in [2.05, 4.69) is 35.8 Å². The zero-order chi connectivity index (χ0) is 14.4. The minimum absolute atomic E-state index is 0.156. The molecule has 0 radical (unpaired) electrons. The lowest BCUT2D eigenvalue weighted by Crippen LogP contribution is -2.34. The highest BCUT2D eigenvalue weighted by molar-refractivity contribution is 5.71. The quantitative estimate of drug-likeness (QED) is 0.624. The van der Waals surface area contributed by atoms with Crippen molar-refractivity contribution in [1.29, 1.82) is 0 Å². The number of ether oxygens (including phenoxy) is 1. The molecule has 1 aliphatic heterocycles. The van der Waals surface area contributed by atoms with Crippen molar-refractivity contribution < 1.29 is 9.53 Å². The van der Waals surface area contributed by atoms with Gasteiger partial charge in [-0.05, 0) is 38.8 Å². The van der Waals surface area contributed by atoms with Crippen LogP contribution in [-0.2, 0) is 9.53 Å². The zero-order valence-electron chi connectivity index (χ0n) is 12.2. The molecule has 1 saturated heterocycles. The average Bonchev–Trinajstić information content (AvgIpc) is 2.86. The molecule has 0 bridgehead atoms. The lowest BCUT2D eigenvalue weighted by Gasteiger charge is -2.18. The molecule has 20 heavy (non-hydrogen) atoms. The molecule has 106 valence electrons. The number of likely N-dealkylation sites (tertiary alicyclic amines) is 1. The summed E-state index contributed by atoms with van der Waals surface area (Å²) in [6.45, 7) is 5.60. The molecule has 0 aliphatic carbocycles. The van der Waals surface area contributed by atoms with Gasteiger partial charge in [0, 0.05) is 12.1 Å². The van der Waals surface area contributed by atoms with Gasteiger partial charge in [-0.2, -0.15) is 0 Å². The first-order valence-corrected chi connectivity index (χ1v) is 7.17. The molecule has 1 aliphatic rings. The van der Waals surface area contributed by atoms with Crippen LogP contribution < -0.4 is 0 Å². The maximum atomic E-state index is 11.5. The van der Waals surface area contributed by atoms with Gasteiger partial charge in [-0.1, -0.05) is 29.5 Å². The maximum Gasteiger partial charge on any atom is 0.320 e. The average molecular weight is 271 g/mol. The Balaban J connectivity index is 1.97. The predicted octanol–water partition coefficient (Wildman–Crippen LogP) is 2.37. The molecule has 3 heteroatoms. The fraction of sp³-hybridized carbons (Fsp3) is 0.471. The van der Waals surface area contributed by atoms with E-state index in [-0.39, 0.29) is 12.0 Å². The van der Waals surface area contributed by atoms with Crippen LogP contribution in [0.2, 0.25) is 0 Å². The van der Waals surface area contributed by atoms with Gasteiger partial charge in [0.2, 0.25) is 0 Å². The smallest absolute Gasteiger partial charge is 0.320 e. The molecule has 1 aromatic rings. The van der Waals surface area contributed by atoms with Crippen molar-refractivity contribution in [2.45, 2.75) is 32.7 Å². The number of rotatable bonds is 3. The van der Waals surface area contributed by atoms with Crippen molar-refractivity contribution >= 4 is 5.97 Å². The molecule has 3 nitrogen and oxygen atoms in total. The Kier molecular flexibility index (Phi) is 5.20. The van der Waals surface area contributed by atoms with Crippen LogP contribution in [-0.4, -0.2) is 36.6 Å². The van der Waals surface area contributed by atoms with E-state index in [1.165, 1.54) is 5.56 Å². The molecule has 1 fully saturated rings. The number of carbonyl (C=O) groups excluding carboxylic acids is 1. The number of hydrogen-bond acceptors (Lipinski definition) is 3. The van der Waals surface area contributed by atoms with E-state index < -0.39 is 0 Å². The van der Waals surface area contributed by atoms with E-state index in [4.69, 9.17) is 4.74 Å². The Morgan fingerprint density at radius 2 is 2.15 bits per heavy atom. The highest BCUT2D eigenvalue weighted by Crippen LogP contribution is 2.16. The van der Waals surface area contributed by atoms with Gasteiger partial charge in [0.15, 0.2) is 0 Å². The molecule has 0 aromatic heterocycles. The summed E-state index contributed by atoms with van der Waals surface area (Å²) in [5, 5.41) is 0. The largest absolute Gasteiger partial charge is 0.465 e. The van der Waals surface area contributed by atoms with Crippen molar-refractivity contribution in [3.8, 4) is 11.8 Å². The van der Waals surface area contributed by atoms with E-state index in [9.17, 15) is 4.79 Å². The second-order valence-corrected chi connectivity index (χ2v) is 5.07. The van der Waals surface area contributed by atoms with Crippen LogP contribution in [0.3, 0.4) is 0 Å². The van der Waals surface area contributed by atoms with Gasteiger partial charge in [0.25, 0.3) is 0 Å². The van der Waals surface area contributed by atoms with Crippen LogP contribution in [0, 0.1) is 18.8 Å². The number of nitrogens with zero attached hydrogens (tertiary/aromatic N) is 1. The Hall–Kier alpha value is -1.79. The standard InChI is InChI=1S/C17H21NO2/c1-3-20-17(19)13-18-12-4-5-16(18)11-10-15-8-6-14(2)7-9-15/h6-9,16H,3-5,12-13H2,1-2H3. The Bertz CT molecular complexity index is 510. The van der Waals surface area contributed by atoms with Gasteiger partial charge in [-0.3, -0.25) is 9.69 Å². The molecule has 1 aromatic carbocycles. The normalized spacial score (nSPS) is 18.4. The molecular formula is C17H21NO2. The highest BCUT2D eigenvalue weighted by atomic mass is 16.5. The number of hydrogen-bond donors (Lipinski definition) is 0. The number of aryl methyl sites for hydroxylation is 1. The van der Waals surface area contributed by atoms with Crippen LogP contribution >= 0.6 is 0 Å². The maximum absolute atomic E-state index is 11.5. The molecule has 1 heterocycles. The summed E-state index contributed by atoms with van der Waals surface area (Å²) in [7, 11) is 0. The summed E-state index contributed by atoms with van der Waals surface area (Å²) in [4.78, 5) is 13.7. The summed E-state index contributed by atoms with van der Waals surface area (Å²) in [6, 6.07) is 8.37. The van der Waals surface area contributed by atoms with Crippen molar-refractivity contribution in [3.63, 3.8) is 0 Å². The summed E-state index contributed by atoms with van der Waals surface area (Å²) in [5.41, 5.74) is 2.26. The van der Waals surface area contributed by atoms with Crippen molar-refractivity contribution in [2.75, 3.05) is 19.7 Å². The molecule has 0 amide bonds. The van der Waals surface area contributed by atoms with Gasteiger partial charge in [0.1, 0.15) is 0 Å². The van der Waals surface area contributed by atoms with E-state index in [1.807, 2.05) is 19.1 Å². The fourth-order valence-corrected chi connectivity index (χ4v) is 2.35. The summed E-state index contributed by atoms with van der Waals surface area (Å²) in [5.74, 6) is 6.33. The van der Waals surface area contributed by atoms with Crippen LogP contribution in [0.1, 0.15) is 30.9 Å². The second kappa shape index (κ2) is 7.12. The van der Waals surface area contributed by atoms with Gasteiger partial charge in [0.05, 0.1) is 19.2 Å². The van der Waals surface area contributed by atoms with Crippen molar-refractivity contribution in [1.82, 2.24) is 4.90 Å². The number of esters is 1. The van der Waals surface area contributed by atoms with Gasteiger partial charge < -0.3 is 4.74 Å². The summed E-state index contributed by atoms with van der Waals surface area (Å²) >= 11 is 0.